The van der Waals surface area contributed by atoms with Gasteiger partial charge in [-0.15, -0.1) is 0 Å². The summed E-state index contributed by atoms with van der Waals surface area (Å²) in [5.74, 6) is -0.673. The van der Waals surface area contributed by atoms with Gasteiger partial charge < -0.3 is 15.3 Å². The first-order chi connectivity index (χ1) is 9.98. The van der Waals surface area contributed by atoms with Crippen molar-refractivity contribution in [2.24, 2.45) is 0 Å². The molecule has 3 unspecified atom stereocenters. The van der Waals surface area contributed by atoms with Gasteiger partial charge in [0.05, 0.1) is 0 Å². The van der Waals surface area contributed by atoms with E-state index in [1.165, 1.54) is 6.42 Å². The molecule has 21 heavy (non-hydrogen) atoms. The number of nitrogens with one attached hydrogen (secondary N) is 1. The molecule has 5 heteroatoms. The van der Waals surface area contributed by atoms with Crippen molar-refractivity contribution in [3.05, 3.63) is 0 Å². The van der Waals surface area contributed by atoms with Crippen LogP contribution >= 0.6 is 0 Å². The van der Waals surface area contributed by atoms with Gasteiger partial charge in [0.1, 0.15) is 5.54 Å². The van der Waals surface area contributed by atoms with Gasteiger partial charge in [0, 0.05) is 18.6 Å². The zero-order valence-corrected chi connectivity index (χ0v) is 13.8. The van der Waals surface area contributed by atoms with E-state index in [9.17, 15) is 9.90 Å². The Morgan fingerprint density at radius 3 is 2.81 bits per heavy atom. The van der Waals surface area contributed by atoms with E-state index in [2.05, 4.69) is 29.1 Å². The predicted octanol–water partition coefficient (Wildman–Crippen LogP) is 1.39. The molecule has 1 aliphatic carbocycles. The number of aliphatic carboxylic acids is 1. The van der Waals surface area contributed by atoms with Crippen LogP contribution in [0.5, 0.6) is 0 Å². The second-order valence-electron chi connectivity index (χ2n) is 6.87. The second kappa shape index (κ2) is 7.07. The number of hydrogen-bond donors (Lipinski definition) is 2. The Morgan fingerprint density at radius 2 is 2.14 bits per heavy atom. The van der Waals surface area contributed by atoms with Gasteiger partial charge in [0.15, 0.2) is 0 Å². The average Bonchev–Trinajstić information content (AvgIpc) is 2.60. The highest BCUT2D eigenvalue weighted by Gasteiger charge is 2.44. The molecule has 2 N–H and O–H groups in total. The predicted molar refractivity (Wildman–Crippen MR) is 84.6 cm³/mol. The quantitative estimate of drug-likeness (QED) is 0.821. The highest BCUT2D eigenvalue weighted by atomic mass is 16.4. The van der Waals surface area contributed by atoms with Gasteiger partial charge in [-0.25, -0.2) is 0 Å². The number of carbonyl (C=O) groups is 1. The molecule has 0 amide bonds. The third-order valence-electron chi connectivity index (χ3n) is 5.22. The molecular formula is C16H31N3O2. The van der Waals surface area contributed by atoms with Gasteiger partial charge >= 0.3 is 5.97 Å². The van der Waals surface area contributed by atoms with Gasteiger partial charge in [-0.1, -0.05) is 6.92 Å². The summed E-state index contributed by atoms with van der Waals surface area (Å²) in [6, 6.07) is 0.907. The normalized spacial score (nSPS) is 36.3. The number of carboxylic acid groups (broad SMARTS) is 1. The molecule has 0 bridgehead atoms. The van der Waals surface area contributed by atoms with E-state index < -0.39 is 11.5 Å². The molecule has 1 saturated carbocycles. The average molecular weight is 297 g/mol. The number of rotatable bonds is 4. The number of carboxylic acids is 1. The molecule has 1 aliphatic heterocycles. The topological polar surface area (TPSA) is 55.8 Å². The summed E-state index contributed by atoms with van der Waals surface area (Å²) in [4.78, 5) is 16.8. The Bertz CT molecular complexity index is 359. The minimum Gasteiger partial charge on any atom is -0.480 e. The Labute approximate surface area is 128 Å². The lowest BCUT2D eigenvalue weighted by atomic mass is 9.78. The van der Waals surface area contributed by atoms with Crippen molar-refractivity contribution in [3.63, 3.8) is 0 Å². The van der Waals surface area contributed by atoms with Crippen LogP contribution in [-0.2, 0) is 4.79 Å². The maximum atomic E-state index is 11.8. The summed E-state index contributed by atoms with van der Waals surface area (Å²) in [5.41, 5.74) is -0.713. The van der Waals surface area contributed by atoms with E-state index in [1.807, 2.05) is 6.92 Å². The Kier molecular flexibility index (Phi) is 5.63. The molecule has 122 valence electrons. The fraction of sp³-hybridized carbons (Fsp3) is 0.938. The Hall–Kier alpha value is -0.650. The highest BCUT2D eigenvalue weighted by Crippen LogP contribution is 2.33. The molecule has 2 fully saturated rings. The van der Waals surface area contributed by atoms with E-state index in [0.29, 0.717) is 12.1 Å². The van der Waals surface area contributed by atoms with Crippen molar-refractivity contribution in [2.75, 3.05) is 33.2 Å². The lowest BCUT2D eigenvalue weighted by molar-refractivity contribution is -0.147. The zero-order chi connectivity index (χ0) is 15.5. The van der Waals surface area contributed by atoms with Crippen molar-refractivity contribution >= 4 is 5.97 Å². The van der Waals surface area contributed by atoms with Gasteiger partial charge in [0.2, 0.25) is 0 Å². The lowest BCUT2D eigenvalue weighted by Crippen LogP contribution is -2.59. The molecule has 5 nitrogen and oxygen atoms in total. The van der Waals surface area contributed by atoms with Gasteiger partial charge in [-0.3, -0.25) is 9.69 Å². The standard InChI is InChI=1S/C16H31N3O2/c1-4-17-16(15(20)21)8-5-7-14(11-16)19-10-6-9-18(3)12-13(19)2/h13-14,17H,4-12H2,1-3H3,(H,20,21). The number of nitrogens with zero attached hydrogens (tertiary/aromatic N) is 2. The molecule has 1 saturated heterocycles. The molecule has 0 aromatic rings. The molecule has 0 spiro atoms. The number of likely N-dealkylation sites (N-methyl/N-ethyl adjacent to an activating group) is 2. The van der Waals surface area contributed by atoms with Crippen LogP contribution in [-0.4, -0.2) is 71.7 Å². The third kappa shape index (κ3) is 3.76. The maximum Gasteiger partial charge on any atom is 0.323 e. The van der Waals surface area contributed by atoms with E-state index in [1.54, 1.807) is 0 Å². The van der Waals surface area contributed by atoms with Crippen molar-refractivity contribution in [3.8, 4) is 0 Å². The fourth-order valence-electron chi connectivity index (χ4n) is 4.23. The van der Waals surface area contributed by atoms with Gasteiger partial charge in [-0.2, -0.15) is 0 Å². The van der Waals surface area contributed by atoms with Crippen molar-refractivity contribution in [1.29, 1.82) is 0 Å². The minimum absolute atomic E-state index is 0.399. The lowest BCUT2D eigenvalue weighted by Gasteiger charge is -2.44. The maximum absolute atomic E-state index is 11.8. The molecule has 0 aromatic carbocycles. The van der Waals surface area contributed by atoms with Crippen LogP contribution < -0.4 is 5.32 Å². The Balaban J connectivity index is 2.10. The second-order valence-corrected chi connectivity index (χ2v) is 6.87. The van der Waals surface area contributed by atoms with Crippen LogP contribution in [0.1, 0.15) is 46.0 Å². The van der Waals surface area contributed by atoms with E-state index in [4.69, 9.17) is 0 Å². The first-order valence-corrected chi connectivity index (χ1v) is 8.41. The van der Waals surface area contributed by atoms with Gasteiger partial charge in [0.25, 0.3) is 0 Å². The summed E-state index contributed by atoms with van der Waals surface area (Å²) < 4.78 is 0. The Morgan fingerprint density at radius 1 is 1.38 bits per heavy atom. The summed E-state index contributed by atoms with van der Waals surface area (Å²) in [7, 11) is 2.18. The van der Waals surface area contributed by atoms with Crippen molar-refractivity contribution in [1.82, 2.24) is 15.1 Å². The van der Waals surface area contributed by atoms with E-state index in [0.717, 1.165) is 51.9 Å². The van der Waals surface area contributed by atoms with Crippen LogP contribution in [0.15, 0.2) is 0 Å². The smallest absolute Gasteiger partial charge is 0.323 e. The van der Waals surface area contributed by atoms with Crippen LogP contribution in [0.4, 0.5) is 0 Å². The van der Waals surface area contributed by atoms with Crippen molar-refractivity contribution in [2.45, 2.75) is 63.6 Å². The van der Waals surface area contributed by atoms with Crippen LogP contribution in [0.3, 0.4) is 0 Å². The molecule has 1 heterocycles. The van der Waals surface area contributed by atoms with Crippen LogP contribution in [0.2, 0.25) is 0 Å². The largest absolute Gasteiger partial charge is 0.480 e. The minimum atomic E-state index is -0.713. The zero-order valence-electron chi connectivity index (χ0n) is 13.8. The summed E-state index contributed by atoms with van der Waals surface area (Å²) in [6.07, 6.45) is 4.81. The summed E-state index contributed by atoms with van der Waals surface area (Å²) in [6.45, 7) is 8.32. The molecule has 2 rings (SSSR count). The van der Waals surface area contributed by atoms with Crippen molar-refractivity contribution < 1.29 is 9.90 Å². The van der Waals surface area contributed by atoms with E-state index >= 15 is 0 Å². The summed E-state index contributed by atoms with van der Waals surface area (Å²) >= 11 is 0. The van der Waals surface area contributed by atoms with Crippen LogP contribution in [0.25, 0.3) is 0 Å². The third-order valence-corrected chi connectivity index (χ3v) is 5.22. The van der Waals surface area contributed by atoms with Crippen LogP contribution in [0, 0.1) is 0 Å². The van der Waals surface area contributed by atoms with Gasteiger partial charge in [-0.05, 0) is 65.7 Å². The SMILES string of the molecule is CCNC1(C(=O)O)CCCC(N2CCCN(C)CC2C)C1. The monoisotopic (exact) mass is 297 g/mol. The molecule has 2 aliphatic rings. The molecule has 0 radical (unpaired) electrons. The fourth-order valence-corrected chi connectivity index (χ4v) is 4.23. The molecular weight excluding hydrogens is 266 g/mol. The number of hydrogen-bond acceptors (Lipinski definition) is 4. The highest BCUT2D eigenvalue weighted by molar-refractivity contribution is 5.79. The molecule has 0 aromatic heterocycles. The summed E-state index contributed by atoms with van der Waals surface area (Å²) in [5, 5.41) is 13.0. The molecule has 3 atom stereocenters. The van der Waals surface area contributed by atoms with E-state index in [-0.39, 0.29) is 0 Å². The first-order valence-electron chi connectivity index (χ1n) is 8.41. The first kappa shape index (κ1) is 16.7.